The highest BCUT2D eigenvalue weighted by Gasteiger charge is 2.19. The molecule has 1 fully saturated rings. The molecule has 0 atom stereocenters. The highest BCUT2D eigenvalue weighted by molar-refractivity contribution is 6.32. The lowest BCUT2D eigenvalue weighted by atomic mass is 10.1. The molecule has 0 aliphatic carbocycles. The summed E-state index contributed by atoms with van der Waals surface area (Å²) in [5, 5.41) is 7.51. The number of benzene rings is 1. The van der Waals surface area contributed by atoms with E-state index < -0.39 is 0 Å². The number of aromatic nitrogens is 2. The van der Waals surface area contributed by atoms with E-state index in [-0.39, 0.29) is 10.6 Å². The summed E-state index contributed by atoms with van der Waals surface area (Å²) in [4.78, 5) is 17.2. The molecule has 170 valence electrons. The molecule has 1 aliphatic rings. The minimum Gasteiger partial charge on any atom is -0.495 e. The van der Waals surface area contributed by atoms with E-state index in [1.54, 1.807) is 13.3 Å². The number of ether oxygens (including phenoxy) is 1. The summed E-state index contributed by atoms with van der Waals surface area (Å²) in [6.45, 7) is 8.62. The zero-order valence-corrected chi connectivity index (χ0v) is 19.4. The molecule has 0 amide bonds. The predicted molar refractivity (Wildman–Crippen MR) is 128 cm³/mol. The standard InChI is InChI=1S/C23H34ClN5O2/c1-3-25-19-18-26-29(23(30)22(19)24)13-9-5-4-8-12-27-14-16-28(17-15-27)20-10-6-7-11-21(20)31-2/h6-7,10-11,18,25H,3-5,8-9,12-17H2,1-2H3. The third-order valence-corrected chi connectivity index (χ3v) is 6.11. The Labute approximate surface area is 189 Å². The van der Waals surface area contributed by atoms with Gasteiger partial charge in [0.15, 0.2) is 0 Å². The van der Waals surface area contributed by atoms with Crippen LogP contribution in [-0.2, 0) is 6.54 Å². The number of anilines is 2. The summed E-state index contributed by atoms with van der Waals surface area (Å²) >= 11 is 6.14. The molecule has 31 heavy (non-hydrogen) atoms. The van der Waals surface area contributed by atoms with Gasteiger partial charge in [-0.3, -0.25) is 9.69 Å². The lowest BCUT2D eigenvalue weighted by molar-refractivity contribution is 0.251. The molecule has 0 bridgehead atoms. The summed E-state index contributed by atoms with van der Waals surface area (Å²) in [5.74, 6) is 0.946. The summed E-state index contributed by atoms with van der Waals surface area (Å²) < 4.78 is 6.97. The van der Waals surface area contributed by atoms with Gasteiger partial charge in [-0.1, -0.05) is 36.6 Å². The maximum Gasteiger partial charge on any atom is 0.287 e. The molecule has 1 aromatic heterocycles. The third-order valence-electron chi connectivity index (χ3n) is 5.74. The van der Waals surface area contributed by atoms with Crippen molar-refractivity contribution in [3.63, 3.8) is 0 Å². The summed E-state index contributed by atoms with van der Waals surface area (Å²) in [5.41, 5.74) is 1.58. The van der Waals surface area contributed by atoms with Gasteiger partial charge in [0.25, 0.3) is 5.56 Å². The van der Waals surface area contributed by atoms with E-state index in [4.69, 9.17) is 16.3 Å². The lowest BCUT2D eigenvalue weighted by Gasteiger charge is -2.36. The predicted octanol–water partition coefficient (Wildman–Crippen LogP) is 3.72. The molecule has 0 unspecified atom stereocenters. The van der Waals surface area contributed by atoms with Crippen LogP contribution in [-0.4, -0.2) is 61.1 Å². The third kappa shape index (κ3) is 6.37. The number of methoxy groups -OCH3 is 1. The lowest BCUT2D eigenvalue weighted by Crippen LogP contribution is -2.46. The van der Waals surface area contributed by atoms with Crippen molar-refractivity contribution < 1.29 is 4.74 Å². The van der Waals surface area contributed by atoms with Crippen LogP contribution in [0, 0.1) is 0 Å². The van der Waals surface area contributed by atoms with Crippen molar-refractivity contribution in [3.8, 4) is 5.75 Å². The zero-order valence-electron chi connectivity index (χ0n) is 18.6. The van der Waals surface area contributed by atoms with Gasteiger partial charge in [-0.25, -0.2) is 4.68 Å². The second-order valence-corrected chi connectivity index (χ2v) is 8.22. The van der Waals surface area contributed by atoms with Crippen molar-refractivity contribution in [1.29, 1.82) is 0 Å². The van der Waals surface area contributed by atoms with Crippen LogP contribution in [0.1, 0.15) is 32.6 Å². The Hall–Kier alpha value is -2.25. The number of nitrogens with one attached hydrogen (secondary N) is 1. The van der Waals surface area contributed by atoms with Crippen LogP contribution in [0.4, 0.5) is 11.4 Å². The average molecular weight is 448 g/mol. The van der Waals surface area contributed by atoms with Gasteiger partial charge in [0.2, 0.25) is 0 Å². The Morgan fingerprint density at radius 2 is 1.77 bits per heavy atom. The largest absolute Gasteiger partial charge is 0.495 e. The fraction of sp³-hybridized carbons (Fsp3) is 0.565. The van der Waals surface area contributed by atoms with Crippen LogP contribution in [0.3, 0.4) is 0 Å². The van der Waals surface area contributed by atoms with Gasteiger partial charge in [-0.2, -0.15) is 5.10 Å². The van der Waals surface area contributed by atoms with Crippen LogP contribution >= 0.6 is 11.6 Å². The number of aryl methyl sites for hydroxylation is 1. The van der Waals surface area contributed by atoms with E-state index in [0.29, 0.717) is 18.8 Å². The van der Waals surface area contributed by atoms with Crippen molar-refractivity contribution in [3.05, 3.63) is 45.8 Å². The second-order valence-electron chi connectivity index (χ2n) is 7.85. The van der Waals surface area contributed by atoms with Gasteiger partial charge in [-0.05, 0) is 38.4 Å². The molecule has 1 N–H and O–H groups in total. The quantitative estimate of drug-likeness (QED) is 0.530. The summed E-state index contributed by atoms with van der Waals surface area (Å²) in [6.07, 6.45) is 5.99. The fourth-order valence-electron chi connectivity index (χ4n) is 3.99. The second kappa shape index (κ2) is 12.0. The Balaban J connectivity index is 1.33. The molecule has 0 spiro atoms. The Bertz CT molecular complexity index is 881. The number of hydrogen-bond donors (Lipinski definition) is 1. The number of halogens is 1. The Kier molecular flexibility index (Phi) is 9.03. The molecule has 1 aromatic carbocycles. The molecular formula is C23H34ClN5O2. The fourth-order valence-corrected chi connectivity index (χ4v) is 4.21. The summed E-state index contributed by atoms with van der Waals surface area (Å²) in [6, 6.07) is 8.24. The van der Waals surface area contributed by atoms with Gasteiger partial charge in [0, 0.05) is 39.3 Å². The first-order chi connectivity index (χ1) is 15.1. The van der Waals surface area contributed by atoms with Crippen molar-refractivity contribution in [2.75, 3.05) is 56.6 Å². The van der Waals surface area contributed by atoms with E-state index in [1.807, 2.05) is 19.1 Å². The van der Waals surface area contributed by atoms with Gasteiger partial charge in [-0.15, -0.1) is 0 Å². The number of rotatable bonds is 11. The van der Waals surface area contributed by atoms with E-state index in [0.717, 1.165) is 57.7 Å². The van der Waals surface area contributed by atoms with Gasteiger partial charge < -0.3 is 15.0 Å². The van der Waals surface area contributed by atoms with Crippen molar-refractivity contribution in [2.45, 2.75) is 39.2 Å². The van der Waals surface area contributed by atoms with Crippen molar-refractivity contribution in [1.82, 2.24) is 14.7 Å². The molecule has 1 saturated heterocycles. The van der Waals surface area contributed by atoms with E-state index >= 15 is 0 Å². The number of piperazine rings is 1. The van der Waals surface area contributed by atoms with Crippen LogP contribution in [0.2, 0.25) is 5.02 Å². The number of unbranched alkanes of at least 4 members (excludes halogenated alkanes) is 3. The first kappa shape index (κ1) is 23.4. The molecule has 3 rings (SSSR count). The number of para-hydroxylation sites is 2. The smallest absolute Gasteiger partial charge is 0.287 e. The maximum atomic E-state index is 12.3. The Morgan fingerprint density at radius 1 is 1.06 bits per heavy atom. The maximum absolute atomic E-state index is 12.3. The van der Waals surface area contributed by atoms with Crippen LogP contribution in [0.25, 0.3) is 0 Å². The summed E-state index contributed by atoms with van der Waals surface area (Å²) in [7, 11) is 1.73. The molecule has 2 heterocycles. The van der Waals surface area contributed by atoms with Crippen LogP contribution < -0.4 is 20.5 Å². The SMILES string of the molecule is CCNc1cnn(CCCCCCN2CCN(c3ccccc3OC)CC2)c(=O)c1Cl. The molecule has 1 aliphatic heterocycles. The van der Waals surface area contributed by atoms with Gasteiger partial charge >= 0.3 is 0 Å². The van der Waals surface area contributed by atoms with Gasteiger partial charge in [0.05, 0.1) is 24.7 Å². The van der Waals surface area contributed by atoms with Crippen molar-refractivity contribution >= 4 is 23.0 Å². The number of hydrogen-bond acceptors (Lipinski definition) is 6. The zero-order chi connectivity index (χ0) is 22.1. The molecule has 7 nitrogen and oxygen atoms in total. The molecule has 0 radical (unpaired) electrons. The van der Waals surface area contributed by atoms with Gasteiger partial charge in [0.1, 0.15) is 10.8 Å². The topological polar surface area (TPSA) is 62.6 Å². The van der Waals surface area contributed by atoms with E-state index in [2.05, 4.69) is 32.3 Å². The number of nitrogens with zero attached hydrogens (tertiary/aromatic N) is 4. The first-order valence-electron chi connectivity index (χ1n) is 11.2. The first-order valence-corrected chi connectivity index (χ1v) is 11.6. The molecular weight excluding hydrogens is 414 g/mol. The van der Waals surface area contributed by atoms with Crippen molar-refractivity contribution in [2.24, 2.45) is 0 Å². The van der Waals surface area contributed by atoms with E-state index in [1.165, 1.54) is 16.8 Å². The molecule has 2 aromatic rings. The average Bonchev–Trinajstić information content (AvgIpc) is 2.81. The molecule has 8 heteroatoms. The normalized spacial score (nSPS) is 14.6. The highest BCUT2D eigenvalue weighted by Crippen LogP contribution is 2.28. The monoisotopic (exact) mass is 447 g/mol. The highest BCUT2D eigenvalue weighted by atomic mass is 35.5. The van der Waals surface area contributed by atoms with E-state index in [9.17, 15) is 4.79 Å². The van der Waals surface area contributed by atoms with Crippen LogP contribution in [0.15, 0.2) is 35.3 Å². The Morgan fingerprint density at radius 3 is 2.48 bits per heavy atom. The minimum atomic E-state index is -0.215. The molecule has 0 saturated carbocycles. The minimum absolute atomic E-state index is 0.215. The van der Waals surface area contributed by atoms with Crippen LogP contribution in [0.5, 0.6) is 5.75 Å².